The van der Waals surface area contributed by atoms with Gasteiger partial charge >= 0.3 is 0 Å². The van der Waals surface area contributed by atoms with Gasteiger partial charge in [-0.25, -0.2) is 4.39 Å². The second-order valence-electron chi connectivity index (χ2n) is 6.22. The molecule has 0 radical (unpaired) electrons. The molecule has 0 aliphatic rings. The van der Waals surface area contributed by atoms with Crippen LogP contribution in [-0.2, 0) is 4.79 Å². The first-order chi connectivity index (χ1) is 14.5. The van der Waals surface area contributed by atoms with Crippen molar-refractivity contribution in [1.82, 2.24) is 25.1 Å². The van der Waals surface area contributed by atoms with Gasteiger partial charge in [0.1, 0.15) is 11.6 Å². The highest BCUT2D eigenvalue weighted by Gasteiger charge is 2.14. The first-order valence-corrected chi connectivity index (χ1v) is 8.83. The smallest absolute Gasteiger partial charge is 0.251 e. The van der Waals surface area contributed by atoms with Gasteiger partial charge in [-0.05, 0) is 36.4 Å². The molecular weight excluding hydrogens is 391 g/mol. The van der Waals surface area contributed by atoms with Crippen molar-refractivity contribution in [1.29, 1.82) is 0 Å². The maximum Gasteiger partial charge on any atom is 0.251 e. The molecule has 3 N–H and O–H groups in total. The van der Waals surface area contributed by atoms with Crippen LogP contribution in [0.3, 0.4) is 0 Å². The fourth-order valence-corrected chi connectivity index (χ4v) is 2.73. The Morgan fingerprint density at radius 1 is 1.07 bits per heavy atom. The predicted octanol–water partition coefficient (Wildman–Crippen LogP) is 1.94. The van der Waals surface area contributed by atoms with Crippen LogP contribution in [0.1, 0.15) is 10.4 Å². The molecular formula is C20H15FN6O3. The number of primary amides is 1. The number of benzene rings is 2. The number of hydrogen-bond acceptors (Lipinski definition) is 6. The van der Waals surface area contributed by atoms with Gasteiger partial charge in [0, 0.05) is 11.6 Å². The van der Waals surface area contributed by atoms with Gasteiger partial charge < -0.3 is 15.8 Å². The summed E-state index contributed by atoms with van der Waals surface area (Å²) in [6.45, 7) is -0.269. The maximum absolute atomic E-state index is 14.2. The molecule has 0 saturated carbocycles. The summed E-state index contributed by atoms with van der Waals surface area (Å²) >= 11 is 0. The Balaban J connectivity index is 1.61. The lowest BCUT2D eigenvalue weighted by atomic mass is 10.2. The minimum atomic E-state index is -0.646. The third-order valence-corrected chi connectivity index (χ3v) is 4.09. The van der Waals surface area contributed by atoms with Gasteiger partial charge in [0.15, 0.2) is 11.5 Å². The van der Waals surface area contributed by atoms with Crippen molar-refractivity contribution < 1.29 is 18.7 Å². The van der Waals surface area contributed by atoms with Crippen molar-refractivity contribution in [2.45, 2.75) is 0 Å². The van der Waals surface area contributed by atoms with E-state index in [-0.39, 0.29) is 29.4 Å². The van der Waals surface area contributed by atoms with E-state index in [1.165, 1.54) is 16.6 Å². The molecule has 2 amide bonds. The van der Waals surface area contributed by atoms with Crippen molar-refractivity contribution in [3.05, 3.63) is 72.0 Å². The molecule has 2 aromatic heterocycles. The molecule has 150 valence electrons. The minimum absolute atomic E-state index is 0.189. The van der Waals surface area contributed by atoms with Crippen LogP contribution in [0.4, 0.5) is 4.39 Å². The summed E-state index contributed by atoms with van der Waals surface area (Å²) in [5, 5.41) is 14.7. The molecule has 9 nitrogen and oxygen atoms in total. The van der Waals surface area contributed by atoms with E-state index in [1.54, 1.807) is 48.5 Å². The van der Waals surface area contributed by atoms with Gasteiger partial charge in [-0.15, -0.1) is 15.3 Å². The van der Waals surface area contributed by atoms with Crippen molar-refractivity contribution in [3.63, 3.8) is 0 Å². The predicted molar refractivity (Wildman–Crippen MR) is 104 cm³/mol. The van der Waals surface area contributed by atoms with E-state index in [4.69, 9.17) is 10.5 Å². The second kappa shape index (κ2) is 7.95. The molecule has 0 atom stereocenters. The van der Waals surface area contributed by atoms with Gasteiger partial charge in [-0.1, -0.05) is 18.2 Å². The average molecular weight is 406 g/mol. The van der Waals surface area contributed by atoms with Gasteiger partial charge in [0.25, 0.3) is 5.91 Å². The van der Waals surface area contributed by atoms with E-state index >= 15 is 0 Å². The summed E-state index contributed by atoms with van der Waals surface area (Å²) in [5.74, 6) is -0.803. The monoisotopic (exact) mass is 406 g/mol. The van der Waals surface area contributed by atoms with Crippen molar-refractivity contribution in [3.8, 4) is 23.0 Å². The number of fused-ring (bicyclic) bond motifs is 1. The molecule has 30 heavy (non-hydrogen) atoms. The number of nitrogens with two attached hydrogens (primary N) is 1. The summed E-state index contributed by atoms with van der Waals surface area (Å²) < 4.78 is 21.3. The van der Waals surface area contributed by atoms with E-state index in [0.717, 1.165) is 0 Å². The quantitative estimate of drug-likeness (QED) is 0.504. The van der Waals surface area contributed by atoms with Crippen molar-refractivity contribution in [2.75, 3.05) is 6.54 Å². The van der Waals surface area contributed by atoms with Crippen LogP contribution in [0.25, 0.3) is 17.0 Å². The Bertz CT molecular complexity index is 1260. The molecule has 0 aliphatic carbocycles. The summed E-state index contributed by atoms with van der Waals surface area (Å²) in [4.78, 5) is 22.9. The highest BCUT2D eigenvalue weighted by Crippen LogP contribution is 2.24. The fraction of sp³-hybridized carbons (Fsp3) is 0.0500. The number of carbonyl (C=O) groups is 2. The van der Waals surface area contributed by atoms with E-state index in [0.29, 0.717) is 11.4 Å². The lowest BCUT2D eigenvalue weighted by Crippen LogP contribution is -2.33. The molecule has 0 bridgehead atoms. The normalized spacial score (nSPS) is 10.7. The van der Waals surface area contributed by atoms with Crippen LogP contribution in [0, 0.1) is 5.82 Å². The molecule has 2 aromatic carbocycles. The van der Waals surface area contributed by atoms with Crippen molar-refractivity contribution >= 4 is 17.5 Å². The number of nitrogens with zero attached hydrogens (tertiary/aromatic N) is 4. The molecule has 2 heterocycles. The van der Waals surface area contributed by atoms with Crippen molar-refractivity contribution in [2.24, 2.45) is 5.73 Å². The van der Waals surface area contributed by atoms with E-state index in [1.807, 2.05) is 0 Å². The van der Waals surface area contributed by atoms with E-state index in [2.05, 4.69) is 20.6 Å². The lowest BCUT2D eigenvalue weighted by molar-refractivity contribution is -0.117. The standard InChI is InChI=1S/C20H15FN6O3/c21-15-7-2-1-6-14(15)19-25-24-17-8-9-18(26-27(17)19)30-13-5-3-4-12(10-13)20(29)23-11-16(22)28/h1-10H,11H2,(H2,22,28)(H,23,29). The van der Waals surface area contributed by atoms with E-state index in [9.17, 15) is 14.0 Å². The number of aromatic nitrogens is 4. The third kappa shape index (κ3) is 3.92. The number of hydrogen-bond donors (Lipinski definition) is 2. The second-order valence-corrected chi connectivity index (χ2v) is 6.22. The Morgan fingerprint density at radius 2 is 1.90 bits per heavy atom. The zero-order valence-corrected chi connectivity index (χ0v) is 15.4. The van der Waals surface area contributed by atoms with Gasteiger partial charge in [-0.3, -0.25) is 9.59 Å². The Morgan fingerprint density at radius 3 is 2.70 bits per heavy atom. The molecule has 0 spiro atoms. The maximum atomic E-state index is 14.2. The number of rotatable bonds is 6. The Kier molecular flexibility index (Phi) is 5.04. The van der Waals surface area contributed by atoms with Crippen LogP contribution >= 0.6 is 0 Å². The van der Waals surface area contributed by atoms with Crippen LogP contribution < -0.4 is 15.8 Å². The number of halogens is 1. The highest BCUT2D eigenvalue weighted by molar-refractivity contribution is 5.96. The van der Waals surface area contributed by atoms with Gasteiger partial charge in [0.2, 0.25) is 11.8 Å². The lowest BCUT2D eigenvalue weighted by Gasteiger charge is -2.08. The van der Waals surface area contributed by atoms with Crippen LogP contribution in [0.5, 0.6) is 11.6 Å². The molecule has 0 saturated heterocycles. The van der Waals surface area contributed by atoms with Gasteiger partial charge in [-0.2, -0.15) is 4.52 Å². The van der Waals surface area contributed by atoms with Gasteiger partial charge in [0.05, 0.1) is 12.1 Å². The first-order valence-electron chi connectivity index (χ1n) is 8.83. The number of amides is 2. The summed E-state index contributed by atoms with van der Waals surface area (Å²) in [7, 11) is 0. The molecule has 4 rings (SSSR count). The SMILES string of the molecule is NC(=O)CNC(=O)c1cccc(Oc2ccc3nnc(-c4ccccc4F)n3n2)c1. The molecule has 0 aliphatic heterocycles. The molecule has 10 heteroatoms. The first kappa shape index (κ1) is 19.0. The topological polar surface area (TPSA) is 124 Å². The zero-order chi connectivity index (χ0) is 21.1. The van der Waals surface area contributed by atoms with E-state index < -0.39 is 17.6 Å². The Hall–Kier alpha value is -4.34. The largest absolute Gasteiger partial charge is 0.438 e. The number of ether oxygens (including phenoxy) is 1. The summed E-state index contributed by atoms with van der Waals surface area (Å²) in [5.41, 5.74) is 5.98. The third-order valence-electron chi connectivity index (χ3n) is 4.09. The fourth-order valence-electron chi connectivity index (χ4n) is 2.73. The zero-order valence-electron chi connectivity index (χ0n) is 15.4. The van der Waals surface area contributed by atoms with Crippen LogP contribution in [0.15, 0.2) is 60.7 Å². The average Bonchev–Trinajstić information content (AvgIpc) is 3.15. The summed E-state index contributed by atoms with van der Waals surface area (Å²) in [6, 6.07) is 15.7. The number of nitrogens with one attached hydrogen (secondary N) is 1. The van der Waals surface area contributed by atoms with Crippen LogP contribution in [-0.4, -0.2) is 38.2 Å². The van der Waals surface area contributed by atoms with Crippen LogP contribution in [0.2, 0.25) is 0 Å². The minimum Gasteiger partial charge on any atom is -0.438 e. The molecule has 0 fully saturated rings. The molecule has 0 unspecified atom stereocenters. The number of carbonyl (C=O) groups excluding carboxylic acids is 2. The Labute approximate surface area is 169 Å². The highest BCUT2D eigenvalue weighted by atomic mass is 19.1. The molecule has 4 aromatic rings. The summed E-state index contributed by atoms with van der Waals surface area (Å²) in [6.07, 6.45) is 0.